The van der Waals surface area contributed by atoms with E-state index in [9.17, 15) is 5.11 Å². The minimum absolute atomic E-state index is 0.0397. The van der Waals surface area contributed by atoms with Crippen molar-refractivity contribution in [3.05, 3.63) is 59.9 Å². The first-order chi connectivity index (χ1) is 8.49. The van der Waals surface area contributed by atoms with Crippen LogP contribution in [-0.2, 0) is 0 Å². The van der Waals surface area contributed by atoms with Crippen molar-refractivity contribution in [2.75, 3.05) is 0 Å². The van der Waals surface area contributed by atoms with E-state index in [1.165, 1.54) is 5.57 Å². The number of aliphatic hydroxyl groups is 1. The van der Waals surface area contributed by atoms with Crippen molar-refractivity contribution >= 4 is 0 Å². The van der Waals surface area contributed by atoms with Crippen molar-refractivity contribution in [3.63, 3.8) is 0 Å². The summed E-state index contributed by atoms with van der Waals surface area (Å²) in [5.74, 6) is 0.177. The largest absolute Gasteiger partial charge is 0.512 e. The van der Waals surface area contributed by atoms with Crippen molar-refractivity contribution in [2.45, 2.75) is 39.5 Å². The van der Waals surface area contributed by atoms with Crippen LogP contribution in [0.5, 0.6) is 0 Å². The summed E-state index contributed by atoms with van der Waals surface area (Å²) < 4.78 is 0. The van der Waals surface area contributed by atoms with Crippen molar-refractivity contribution < 1.29 is 5.11 Å². The third-order valence-electron chi connectivity index (χ3n) is 3.36. The molecule has 0 spiro atoms. The molecule has 1 nitrogen and oxygen atoms in total. The van der Waals surface area contributed by atoms with Gasteiger partial charge in [-0.3, -0.25) is 0 Å². The molecule has 18 heavy (non-hydrogen) atoms. The van der Waals surface area contributed by atoms with Gasteiger partial charge in [0.25, 0.3) is 0 Å². The number of aliphatic hydroxyl groups excluding tert-OH is 1. The molecule has 0 aromatic heterocycles. The van der Waals surface area contributed by atoms with Gasteiger partial charge in [-0.2, -0.15) is 0 Å². The maximum Gasteiger partial charge on any atom is 0.0925 e. The second-order valence-electron chi connectivity index (χ2n) is 4.95. The van der Waals surface area contributed by atoms with Gasteiger partial charge in [-0.15, -0.1) is 0 Å². The average molecular weight is 244 g/mol. The van der Waals surface area contributed by atoms with E-state index in [4.69, 9.17) is 0 Å². The van der Waals surface area contributed by atoms with E-state index in [0.717, 1.165) is 42.4 Å². The molecule has 0 aromatic carbocycles. The molecule has 1 atom stereocenters. The van der Waals surface area contributed by atoms with E-state index in [2.05, 4.69) is 38.8 Å². The third kappa shape index (κ3) is 3.25. The monoisotopic (exact) mass is 244 g/mol. The maximum absolute atomic E-state index is 9.74. The molecular weight excluding hydrogens is 220 g/mol. The van der Waals surface area contributed by atoms with E-state index in [-0.39, 0.29) is 11.7 Å². The quantitative estimate of drug-likeness (QED) is 0.632. The molecule has 0 fully saturated rings. The molecule has 1 unspecified atom stereocenters. The van der Waals surface area contributed by atoms with Crippen molar-refractivity contribution in [1.82, 2.24) is 0 Å². The van der Waals surface area contributed by atoms with Crippen LogP contribution in [0.25, 0.3) is 0 Å². The Morgan fingerprint density at radius 3 is 2.22 bits per heavy atom. The van der Waals surface area contributed by atoms with Crippen molar-refractivity contribution in [2.24, 2.45) is 5.92 Å². The van der Waals surface area contributed by atoms with Crippen LogP contribution in [0.4, 0.5) is 0 Å². The highest BCUT2D eigenvalue weighted by atomic mass is 16.3. The van der Waals surface area contributed by atoms with Crippen molar-refractivity contribution in [1.29, 1.82) is 0 Å². The maximum atomic E-state index is 9.74. The molecule has 0 aromatic rings. The van der Waals surface area contributed by atoms with Crippen LogP contribution < -0.4 is 0 Å². The van der Waals surface area contributed by atoms with Crippen LogP contribution >= 0.6 is 0 Å². The molecule has 98 valence electrons. The van der Waals surface area contributed by atoms with Crippen LogP contribution in [0.2, 0.25) is 0 Å². The van der Waals surface area contributed by atoms with Gasteiger partial charge in [0.05, 0.1) is 5.76 Å². The molecule has 0 bridgehead atoms. The molecule has 1 aliphatic carbocycles. The van der Waals surface area contributed by atoms with E-state index in [1.54, 1.807) is 0 Å². The van der Waals surface area contributed by atoms with Crippen LogP contribution in [0, 0.1) is 5.92 Å². The van der Waals surface area contributed by atoms with Gasteiger partial charge in [0.1, 0.15) is 0 Å². The summed E-state index contributed by atoms with van der Waals surface area (Å²) in [4.78, 5) is 0. The fraction of sp³-hybridized carbons (Fsp3) is 0.412. The second kappa shape index (κ2) is 6.44. The predicted octanol–water partition coefficient (Wildman–Crippen LogP) is 5.25. The molecule has 1 rings (SSSR count). The lowest BCUT2D eigenvalue weighted by molar-refractivity contribution is 0.344. The first kappa shape index (κ1) is 14.6. The van der Waals surface area contributed by atoms with E-state index in [1.807, 2.05) is 6.92 Å². The lowest BCUT2D eigenvalue weighted by Gasteiger charge is -2.24. The molecule has 0 radical (unpaired) electrons. The molecular formula is C17H24O. The van der Waals surface area contributed by atoms with Gasteiger partial charge in [-0.25, -0.2) is 0 Å². The zero-order chi connectivity index (χ0) is 13.7. The molecule has 0 aliphatic heterocycles. The summed E-state index contributed by atoms with van der Waals surface area (Å²) >= 11 is 0. The Morgan fingerprint density at radius 1 is 1.22 bits per heavy atom. The lowest BCUT2D eigenvalue weighted by Crippen LogP contribution is -2.11. The second-order valence-corrected chi connectivity index (χ2v) is 4.95. The Bertz CT molecular complexity index is 421. The summed E-state index contributed by atoms with van der Waals surface area (Å²) in [6, 6.07) is 0. The van der Waals surface area contributed by atoms with E-state index in [0.29, 0.717) is 0 Å². The summed E-state index contributed by atoms with van der Waals surface area (Å²) in [6.45, 7) is 16.0. The zero-order valence-electron chi connectivity index (χ0n) is 11.6. The lowest BCUT2D eigenvalue weighted by atomic mass is 9.81. The third-order valence-corrected chi connectivity index (χ3v) is 3.36. The smallest absolute Gasteiger partial charge is 0.0925 e. The first-order valence-electron chi connectivity index (χ1n) is 6.62. The van der Waals surface area contributed by atoms with Gasteiger partial charge in [0.15, 0.2) is 0 Å². The topological polar surface area (TPSA) is 20.2 Å². The average Bonchev–Trinajstić information content (AvgIpc) is 2.34. The Kier molecular flexibility index (Phi) is 5.21. The van der Waals surface area contributed by atoms with Crippen LogP contribution in [0.15, 0.2) is 59.9 Å². The number of hydrogen-bond donors (Lipinski definition) is 1. The number of hydrogen-bond acceptors (Lipinski definition) is 1. The van der Waals surface area contributed by atoms with Crippen LogP contribution in [0.3, 0.4) is 0 Å². The fourth-order valence-electron chi connectivity index (χ4n) is 2.40. The molecule has 0 amide bonds. The van der Waals surface area contributed by atoms with Gasteiger partial charge < -0.3 is 5.11 Å². The van der Waals surface area contributed by atoms with Crippen LogP contribution in [-0.4, -0.2) is 5.11 Å². The van der Waals surface area contributed by atoms with Crippen LogP contribution in [0.1, 0.15) is 39.5 Å². The standard InChI is InChI=1S/C17H24O/c1-6-9-16(14(5)18)13(4)17-11-8-7-10-15(17)12(2)3/h10-11,16,18H,2,4-9H2,1,3H3. The Hall–Kier alpha value is -1.50. The zero-order valence-corrected chi connectivity index (χ0v) is 11.6. The van der Waals surface area contributed by atoms with Crippen molar-refractivity contribution in [3.8, 4) is 0 Å². The number of rotatable bonds is 6. The van der Waals surface area contributed by atoms with Gasteiger partial charge in [-0.1, -0.05) is 50.8 Å². The fourth-order valence-corrected chi connectivity index (χ4v) is 2.40. The summed E-state index contributed by atoms with van der Waals surface area (Å²) in [7, 11) is 0. The first-order valence-corrected chi connectivity index (χ1v) is 6.62. The Morgan fingerprint density at radius 2 is 1.78 bits per heavy atom. The summed E-state index contributed by atoms with van der Waals surface area (Å²) in [6.07, 6.45) is 8.39. The normalized spacial score (nSPS) is 16.6. The van der Waals surface area contributed by atoms with E-state index >= 15 is 0 Å². The SMILES string of the molecule is C=C(C)C1=CCCC=C1C(=C)C(CCC)C(=C)O. The molecule has 1 heteroatoms. The Labute approximate surface area is 111 Å². The summed E-state index contributed by atoms with van der Waals surface area (Å²) in [5, 5.41) is 9.74. The van der Waals surface area contributed by atoms with Gasteiger partial charge in [0.2, 0.25) is 0 Å². The molecule has 1 N–H and O–H groups in total. The van der Waals surface area contributed by atoms with Gasteiger partial charge in [-0.05, 0) is 42.9 Å². The minimum Gasteiger partial charge on any atom is -0.512 e. The molecule has 0 saturated carbocycles. The van der Waals surface area contributed by atoms with Gasteiger partial charge in [0, 0.05) is 5.92 Å². The van der Waals surface area contributed by atoms with Gasteiger partial charge >= 0.3 is 0 Å². The summed E-state index contributed by atoms with van der Waals surface area (Å²) in [5.41, 5.74) is 4.34. The van der Waals surface area contributed by atoms with E-state index < -0.39 is 0 Å². The molecule has 0 heterocycles. The Balaban J connectivity index is 3.00. The minimum atomic E-state index is -0.0397. The predicted molar refractivity (Wildman–Crippen MR) is 79.5 cm³/mol. The highest BCUT2D eigenvalue weighted by Gasteiger charge is 2.21. The molecule has 0 saturated heterocycles. The number of allylic oxidation sites excluding steroid dienone is 6. The highest BCUT2D eigenvalue weighted by molar-refractivity contribution is 5.56. The molecule has 1 aliphatic rings. The highest BCUT2D eigenvalue weighted by Crippen LogP contribution is 2.35.